The molecule has 0 unspecified atom stereocenters. The highest BCUT2D eigenvalue weighted by Gasteiger charge is 2.27. The number of carbonyl (C=O) groups excluding carboxylic acids is 2. The van der Waals surface area contributed by atoms with Crippen LogP contribution in [-0.4, -0.2) is 48.3 Å². The molecule has 1 N–H and O–H groups in total. The Labute approximate surface area is 163 Å². The lowest BCUT2D eigenvalue weighted by molar-refractivity contribution is 0.0527. The Balaban J connectivity index is 2.29. The first-order valence-electron chi connectivity index (χ1n) is 9.03. The molecule has 26 heavy (non-hydrogen) atoms. The zero-order chi connectivity index (χ0) is 19.1. The van der Waals surface area contributed by atoms with E-state index in [9.17, 15) is 9.59 Å². The van der Waals surface area contributed by atoms with E-state index in [1.165, 1.54) is 24.2 Å². The van der Waals surface area contributed by atoms with Crippen molar-refractivity contribution in [3.05, 3.63) is 16.0 Å². The smallest absolute Gasteiger partial charge is 0.348 e. The van der Waals surface area contributed by atoms with Crippen LogP contribution < -0.4 is 5.32 Å². The summed E-state index contributed by atoms with van der Waals surface area (Å²) in [5.41, 5.74) is 0.921. The van der Waals surface area contributed by atoms with E-state index < -0.39 is 11.9 Å². The van der Waals surface area contributed by atoms with Gasteiger partial charge < -0.3 is 19.7 Å². The van der Waals surface area contributed by atoms with Crippen LogP contribution in [0.25, 0.3) is 0 Å². The fraction of sp³-hybridized carbons (Fsp3) is 0.611. The Hall–Kier alpha value is -1.67. The zero-order valence-corrected chi connectivity index (χ0v) is 17.2. The predicted molar refractivity (Wildman–Crippen MR) is 107 cm³/mol. The van der Waals surface area contributed by atoms with Gasteiger partial charge in [-0.1, -0.05) is 12.8 Å². The van der Waals surface area contributed by atoms with Crippen molar-refractivity contribution >= 4 is 45.6 Å². The second kappa shape index (κ2) is 9.87. The molecule has 2 rings (SSSR count). The van der Waals surface area contributed by atoms with Crippen molar-refractivity contribution < 1.29 is 19.1 Å². The molecule has 0 aliphatic carbocycles. The molecule has 1 aromatic rings. The number of carbonyl (C=O) groups is 2. The Morgan fingerprint density at radius 1 is 1.08 bits per heavy atom. The van der Waals surface area contributed by atoms with Crippen LogP contribution in [0, 0.1) is 6.92 Å². The number of rotatable bonds is 5. The van der Waals surface area contributed by atoms with Crippen molar-refractivity contribution in [2.75, 3.05) is 31.6 Å². The van der Waals surface area contributed by atoms with Gasteiger partial charge in [0.2, 0.25) is 0 Å². The summed E-state index contributed by atoms with van der Waals surface area (Å²) in [6.45, 7) is 7.57. The molecule has 0 aromatic carbocycles. The van der Waals surface area contributed by atoms with Gasteiger partial charge in [0.25, 0.3) is 0 Å². The predicted octanol–water partition coefficient (Wildman–Crippen LogP) is 3.98. The van der Waals surface area contributed by atoms with Crippen molar-refractivity contribution in [1.29, 1.82) is 0 Å². The van der Waals surface area contributed by atoms with Crippen LogP contribution in [-0.2, 0) is 9.47 Å². The number of likely N-dealkylation sites (tertiary alicyclic amines) is 1. The van der Waals surface area contributed by atoms with Crippen LogP contribution >= 0.6 is 23.6 Å². The van der Waals surface area contributed by atoms with Gasteiger partial charge in [-0.25, -0.2) is 9.59 Å². The van der Waals surface area contributed by atoms with Gasteiger partial charge in [0.15, 0.2) is 5.11 Å². The zero-order valence-electron chi connectivity index (χ0n) is 15.6. The Morgan fingerprint density at radius 3 is 2.23 bits per heavy atom. The molecular formula is C18H26N2O4S2. The van der Waals surface area contributed by atoms with Crippen LogP contribution in [0.5, 0.6) is 0 Å². The van der Waals surface area contributed by atoms with E-state index in [-0.39, 0.29) is 13.2 Å². The number of ether oxygens (including phenoxy) is 2. The summed E-state index contributed by atoms with van der Waals surface area (Å²) in [5.74, 6) is -0.896. The van der Waals surface area contributed by atoms with Gasteiger partial charge in [-0.05, 0) is 51.4 Å². The molecule has 1 fully saturated rings. The number of nitrogens with one attached hydrogen (secondary N) is 1. The van der Waals surface area contributed by atoms with Crippen molar-refractivity contribution in [3.63, 3.8) is 0 Å². The van der Waals surface area contributed by atoms with Gasteiger partial charge in [-0.2, -0.15) is 0 Å². The van der Waals surface area contributed by atoms with Crippen LogP contribution in [0.2, 0.25) is 0 Å². The van der Waals surface area contributed by atoms with E-state index in [4.69, 9.17) is 21.7 Å². The Kier molecular flexibility index (Phi) is 7.84. The molecule has 0 saturated carbocycles. The lowest BCUT2D eigenvalue weighted by Crippen LogP contribution is -2.35. The second-order valence-corrected chi connectivity index (χ2v) is 7.44. The molecule has 6 nitrogen and oxygen atoms in total. The molecule has 0 spiro atoms. The molecular weight excluding hydrogens is 372 g/mol. The number of hydrogen-bond acceptors (Lipinski definition) is 6. The molecule has 0 radical (unpaired) electrons. The number of anilines is 1. The van der Waals surface area contributed by atoms with E-state index in [1.807, 2.05) is 0 Å². The first kappa shape index (κ1) is 20.6. The van der Waals surface area contributed by atoms with E-state index in [0.717, 1.165) is 25.9 Å². The highest BCUT2D eigenvalue weighted by molar-refractivity contribution is 7.80. The molecule has 8 heteroatoms. The third kappa shape index (κ3) is 4.94. The molecule has 1 aliphatic rings. The quantitative estimate of drug-likeness (QED) is 0.594. The van der Waals surface area contributed by atoms with Crippen LogP contribution in [0.3, 0.4) is 0 Å². The van der Waals surface area contributed by atoms with Gasteiger partial charge >= 0.3 is 11.9 Å². The van der Waals surface area contributed by atoms with Crippen molar-refractivity contribution in [2.45, 2.75) is 46.5 Å². The third-order valence-corrected chi connectivity index (χ3v) is 5.75. The average Bonchev–Trinajstić information content (AvgIpc) is 2.78. The van der Waals surface area contributed by atoms with E-state index in [1.54, 1.807) is 20.8 Å². The van der Waals surface area contributed by atoms with Gasteiger partial charge in [-0.3, -0.25) is 0 Å². The molecule has 1 saturated heterocycles. The number of thiocarbonyl (C=S) groups is 1. The van der Waals surface area contributed by atoms with Crippen molar-refractivity contribution in [3.8, 4) is 0 Å². The minimum Gasteiger partial charge on any atom is -0.462 e. The number of hydrogen-bond donors (Lipinski definition) is 1. The standard InChI is InChI=1S/C18H26N2O4S2/c1-4-23-16(21)13-12(3)14(17(22)24-5-2)26-15(13)19-18(25)20-10-8-6-7-9-11-20/h4-11H2,1-3H3,(H,19,25). The summed E-state index contributed by atoms with van der Waals surface area (Å²) in [7, 11) is 0. The maximum Gasteiger partial charge on any atom is 0.348 e. The summed E-state index contributed by atoms with van der Waals surface area (Å²) in [4.78, 5) is 27.2. The molecule has 1 aliphatic heterocycles. The monoisotopic (exact) mass is 398 g/mol. The number of thiophene rings is 1. The first-order chi connectivity index (χ1) is 12.5. The molecule has 2 heterocycles. The highest BCUT2D eigenvalue weighted by Crippen LogP contribution is 2.34. The fourth-order valence-corrected chi connectivity index (χ4v) is 4.33. The van der Waals surface area contributed by atoms with Gasteiger partial charge in [0.1, 0.15) is 9.88 Å². The summed E-state index contributed by atoms with van der Waals surface area (Å²) >= 11 is 6.73. The number of nitrogens with zero attached hydrogens (tertiary/aromatic N) is 1. The maximum atomic E-state index is 12.4. The van der Waals surface area contributed by atoms with Gasteiger partial charge in [0.05, 0.1) is 18.8 Å². The Morgan fingerprint density at radius 2 is 1.65 bits per heavy atom. The first-order valence-corrected chi connectivity index (χ1v) is 10.3. The van der Waals surface area contributed by atoms with E-state index >= 15 is 0 Å². The normalized spacial score (nSPS) is 14.5. The van der Waals surface area contributed by atoms with E-state index in [2.05, 4.69) is 10.2 Å². The largest absolute Gasteiger partial charge is 0.462 e. The summed E-state index contributed by atoms with van der Waals surface area (Å²) in [6.07, 6.45) is 4.62. The van der Waals surface area contributed by atoms with Crippen molar-refractivity contribution in [2.24, 2.45) is 0 Å². The van der Waals surface area contributed by atoms with Gasteiger partial charge in [0, 0.05) is 13.1 Å². The lowest BCUT2D eigenvalue weighted by atomic mass is 10.1. The lowest BCUT2D eigenvalue weighted by Gasteiger charge is -2.23. The Bertz CT molecular complexity index is 664. The minimum absolute atomic E-state index is 0.263. The highest BCUT2D eigenvalue weighted by atomic mass is 32.1. The minimum atomic E-state index is -0.460. The summed E-state index contributed by atoms with van der Waals surface area (Å²) in [6, 6.07) is 0. The maximum absolute atomic E-state index is 12.4. The third-order valence-electron chi connectivity index (χ3n) is 4.20. The van der Waals surface area contributed by atoms with Crippen LogP contribution in [0.4, 0.5) is 5.00 Å². The van der Waals surface area contributed by atoms with Crippen LogP contribution in [0.15, 0.2) is 0 Å². The van der Waals surface area contributed by atoms with Crippen LogP contribution in [0.1, 0.15) is 65.1 Å². The molecule has 1 aromatic heterocycles. The fourth-order valence-electron chi connectivity index (χ4n) is 2.89. The molecule has 0 bridgehead atoms. The SMILES string of the molecule is CCOC(=O)c1sc(NC(=S)N2CCCCCC2)c(C(=O)OCC)c1C. The van der Waals surface area contributed by atoms with Gasteiger partial charge in [-0.15, -0.1) is 11.3 Å². The van der Waals surface area contributed by atoms with Crippen molar-refractivity contribution in [1.82, 2.24) is 4.90 Å². The summed E-state index contributed by atoms with van der Waals surface area (Å²) in [5, 5.41) is 4.29. The topological polar surface area (TPSA) is 67.9 Å². The number of esters is 2. The molecule has 0 atom stereocenters. The van der Waals surface area contributed by atoms with E-state index in [0.29, 0.717) is 26.1 Å². The summed E-state index contributed by atoms with van der Waals surface area (Å²) < 4.78 is 10.3. The second-order valence-electron chi connectivity index (χ2n) is 6.03. The average molecular weight is 399 g/mol. The molecule has 144 valence electrons. The molecule has 0 amide bonds.